The van der Waals surface area contributed by atoms with Gasteiger partial charge in [-0.05, 0) is 11.1 Å². The Morgan fingerprint density at radius 1 is 0.917 bits per heavy atom. The lowest BCUT2D eigenvalue weighted by Crippen LogP contribution is -2.00. The molecule has 0 fully saturated rings. The highest BCUT2D eigenvalue weighted by Gasteiger charge is 1.89. The van der Waals surface area contributed by atoms with Crippen LogP contribution in [0.15, 0.2) is 24.3 Å². The summed E-state index contributed by atoms with van der Waals surface area (Å²) < 4.78 is 0. The average molecular weight is 170 g/mol. The first-order chi connectivity index (χ1) is 4.86. The van der Waals surface area contributed by atoms with Gasteiger partial charge in [-0.25, -0.2) is 0 Å². The van der Waals surface area contributed by atoms with Crippen molar-refractivity contribution in [3.63, 3.8) is 0 Å². The van der Waals surface area contributed by atoms with Crippen molar-refractivity contribution in [2.24, 2.45) is 11.5 Å². The van der Waals surface area contributed by atoms with Crippen molar-refractivity contribution in [1.82, 2.24) is 12.3 Å². The number of hydrogen-bond acceptors (Lipinski definition) is 4. The molecule has 1 aromatic carbocycles. The van der Waals surface area contributed by atoms with E-state index >= 15 is 0 Å². The van der Waals surface area contributed by atoms with Crippen LogP contribution in [0, 0.1) is 0 Å². The number of rotatable bonds is 2. The van der Waals surface area contributed by atoms with Gasteiger partial charge in [-0.3, -0.25) is 0 Å². The van der Waals surface area contributed by atoms with E-state index in [0.717, 1.165) is 11.1 Å². The van der Waals surface area contributed by atoms with Crippen molar-refractivity contribution < 1.29 is 0 Å². The van der Waals surface area contributed by atoms with E-state index in [4.69, 9.17) is 11.5 Å². The molecular formula is C8H18N4. The minimum atomic E-state index is 0. The molecule has 70 valence electrons. The molecule has 0 saturated carbocycles. The molecule has 10 N–H and O–H groups in total. The zero-order chi connectivity index (χ0) is 7.40. The monoisotopic (exact) mass is 170 g/mol. The van der Waals surface area contributed by atoms with Gasteiger partial charge in [0.1, 0.15) is 0 Å². The Labute approximate surface area is 73.1 Å². The molecule has 0 aliphatic rings. The lowest BCUT2D eigenvalue weighted by atomic mass is 10.1. The summed E-state index contributed by atoms with van der Waals surface area (Å²) in [5.41, 5.74) is 13.1. The highest BCUT2D eigenvalue weighted by atomic mass is 14.5. The molecule has 0 saturated heterocycles. The fourth-order valence-electron chi connectivity index (χ4n) is 0.884. The van der Waals surface area contributed by atoms with E-state index < -0.39 is 0 Å². The smallest absolute Gasteiger partial charge is 0.0178 e. The molecule has 0 aliphatic carbocycles. The van der Waals surface area contributed by atoms with E-state index in [1.807, 2.05) is 24.3 Å². The fourth-order valence-corrected chi connectivity index (χ4v) is 0.884. The Morgan fingerprint density at radius 3 is 1.67 bits per heavy atom. The van der Waals surface area contributed by atoms with Crippen LogP contribution in [0.3, 0.4) is 0 Å². The Balaban J connectivity index is 0. The molecule has 0 heterocycles. The zero-order valence-corrected chi connectivity index (χ0v) is 7.29. The average Bonchev–Trinajstić information content (AvgIpc) is 2.05. The molecule has 0 aliphatic heterocycles. The molecule has 4 nitrogen and oxygen atoms in total. The van der Waals surface area contributed by atoms with Crippen LogP contribution in [0.2, 0.25) is 0 Å². The van der Waals surface area contributed by atoms with Gasteiger partial charge in [0.25, 0.3) is 0 Å². The van der Waals surface area contributed by atoms with Gasteiger partial charge in [0, 0.05) is 13.1 Å². The number of benzene rings is 1. The molecule has 0 atom stereocenters. The molecule has 0 unspecified atom stereocenters. The van der Waals surface area contributed by atoms with E-state index in [0.29, 0.717) is 13.1 Å². The zero-order valence-electron chi connectivity index (χ0n) is 7.29. The quantitative estimate of drug-likeness (QED) is 0.527. The van der Waals surface area contributed by atoms with Gasteiger partial charge in [0.15, 0.2) is 0 Å². The van der Waals surface area contributed by atoms with Crippen molar-refractivity contribution in [2.75, 3.05) is 0 Å². The highest BCUT2D eigenvalue weighted by molar-refractivity contribution is 5.22. The second-order valence-electron chi connectivity index (χ2n) is 2.23. The van der Waals surface area contributed by atoms with Crippen molar-refractivity contribution >= 4 is 0 Å². The van der Waals surface area contributed by atoms with Crippen LogP contribution in [0.4, 0.5) is 0 Å². The summed E-state index contributed by atoms with van der Waals surface area (Å²) in [6.07, 6.45) is 0. The SMILES string of the molecule is N.N.NCc1cccc(CN)c1. The van der Waals surface area contributed by atoms with E-state index in [1.165, 1.54) is 0 Å². The lowest BCUT2D eigenvalue weighted by Gasteiger charge is -1.98. The van der Waals surface area contributed by atoms with Crippen LogP contribution in [0.25, 0.3) is 0 Å². The summed E-state index contributed by atoms with van der Waals surface area (Å²) >= 11 is 0. The minimum absolute atomic E-state index is 0. The summed E-state index contributed by atoms with van der Waals surface area (Å²) in [6.45, 7) is 1.18. The first-order valence-corrected chi connectivity index (χ1v) is 3.34. The van der Waals surface area contributed by atoms with Crippen molar-refractivity contribution in [1.29, 1.82) is 0 Å². The molecule has 4 heteroatoms. The predicted octanol–water partition coefficient (Wildman–Crippen LogP) is 0.928. The predicted molar refractivity (Wildman–Crippen MR) is 52.3 cm³/mol. The summed E-state index contributed by atoms with van der Waals surface area (Å²) in [5, 5.41) is 0. The van der Waals surface area contributed by atoms with Gasteiger partial charge in [-0.2, -0.15) is 0 Å². The van der Waals surface area contributed by atoms with Gasteiger partial charge in [-0.15, -0.1) is 0 Å². The second-order valence-corrected chi connectivity index (χ2v) is 2.23. The summed E-state index contributed by atoms with van der Waals surface area (Å²) in [4.78, 5) is 0. The van der Waals surface area contributed by atoms with Crippen molar-refractivity contribution in [3.8, 4) is 0 Å². The summed E-state index contributed by atoms with van der Waals surface area (Å²) in [5.74, 6) is 0. The van der Waals surface area contributed by atoms with E-state index in [2.05, 4.69) is 0 Å². The van der Waals surface area contributed by atoms with Crippen molar-refractivity contribution in [3.05, 3.63) is 35.4 Å². The molecule has 0 radical (unpaired) electrons. The van der Waals surface area contributed by atoms with Crippen molar-refractivity contribution in [2.45, 2.75) is 13.1 Å². The van der Waals surface area contributed by atoms with E-state index in [-0.39, 0.29) is 12.3 Å². The molecule has 0 spiro atoms. The van der Waals surface area contributed by atoms with Crippen LogP contribution in [-0.2, 0) is 13.1 Å². The molecule has 0 bridgehead atoms. The largest absolute Gasteiger partial charge is 0.344 e. The molecule has 0 aromatic heterocycles. The third-order valence-electron chi connectivity index (χ3n) is 1.46. The Hall–Kier alpha value is -0.940. The standard InChI is InChI=1S/C8H12N2.2H3N/c9-5-7-2-1-3-8(4-7)6-10;;/h1-4H,5-6,9-10H2;2*1H3. The fraction of sp³-hybridized carbons (Fsp3) is 0.250. The van der Waals surface area contributed by atoms with Crippen LogP contribution < -0.4 is 23.8 Å². The summed E-state index contributed by atoms with van der Waals surface area (Å²) in [7, 11) is 0. The van der Waals surface area contributed by atoms with Crippen LogP contribution in [-0.4, -0.2) is 0 Å². The molecule has 1 rings (SSSR count). The van der Waals surface area contributed by atoms with Gasteiger partial charge in [0.2, 0.25) is 0 Å². The number of nitrogens with two attached hydrogens (primary N) is 2. The molecule has 0 amide bonds. The maximum Gasteiger partial charge on any atom is 0.0178 e. The van der Waals surface area contributed by atoms with Gasteiger partial charge < -0.3 is 23.8 Å². The maximum atomic E-state index is 5.43. The highest BCUT2D eigenvalue weighted by Crippen LogP contribution is 2.02. The lowest BCUT2D eigenvalue weighted by molar-refractivity contribution is 1.03. The summed E-state index contributed by atoms with van der Waals surface area (Å²) in [6, 6.07) is 8.00. The third-order valence-corrected chi connectivity index (χ3v) is 1.46. The maximum absolute atomic E-state index is 5.43. The van der Waals surface area contributed by atoms with Gasteiger partial charge >= 0.3 is 0 Å². The first-order valence-electron chi connectivity index (χ1n) is 3.34. The Morgan fingerprint density at radius 2 is 1.33 bits per heavy atom. The molecule has 12 heavy (non-hydrogen) atoms. The van der Waals surface area contributed by atoms with Gasteiger partial charge in [-0.1, -0.05) is 24.3 Å². The molecular weight excluding hydrogens is 152 g/mol. The first kappa shape index (κ1) is 13.6. The van der Waals surface area contributed by atoms with Gasteiger partial charge in [0.05, 0.1) is 0 Å². The number of hydrogen-bond donors (Lipinski definition) is 4. The van der Waals surface area contributed by atoms with Crippen LogP contribution in [0.1, 0.15) is 11.1 Å². The Bertz CT molecular complexity index is 193. The van der Waals surface area contributed by atoms with Crippen LogP contribution in [0.5, 0.6) is 0 Å². The topological polar surface area (TPSA) is 122 Å². The van der Waals surface area contributed by atoms with E-state index in [1.54, 1.807) is 0 Å². The molecule has 1 aromatic rings. The normalized spacial score (nSPS) is 8.17. The minimum Gasteiger partial charge on any atom is -0.344 e. The van der Waals surface area contributed by atoms with E-state index in [9.17, 15) is 0 Å². The Kier molecular flexibility index (Phi) is 7.67. The third kappa shape index (κ3) is 3.45. The van der Waals surface area contributed by atoms with Crippen LogP contribution >= 0.6 is 0 Å². The second kappa shape index (κ2) is 6.75.